The summed E-state index contributed by atoms with van der Waals surface area (Å²) in [4.78, 5) is 0. The molecule has 2 N–H and O–H groups in total. The first-order valence-corrected chi connectivity index (χ1v) is 6.06. The van der Waals surface area contributed by atoms with E-state index < -0.39 is 0 Å². The first kappa shape index (κ1) is 10.9. The Kier molecular flexibility index (Phi) is 2.91. The van der Waals surface area contributed by atoms with Gasteiger partial charge in [-0.05, 0) is 18.6 Å². The summed E-state index contributed by atoms with van der Waals surface area (Å²) in [5.74, 6) is 2.23. The SMILES string of the molecule is NC1COc2cc(OCC3CCOC3)ccc21. The Bertz CT molecular complexity index is 402. The van der Waals surface area contributed by atoms with E-state index in [1.165, 1.54) is 0 Å². The Morgan fingerprint density at radius 2 is 2.29 bits per heavy atom. The highest BCUT2D eigenvalue weighted by atomic mass is 16.5. The van der Waals surface area contributed by atoms with Crippen LogP contribution in [0.4, 0.5) is 0 Å². The van der Waals surface area contributed by atoms with Gasteiger partial charge in [-0.3, -0.25) is 0 Å². The predicted octanol–water partition coefficient (Wildman–Crippen LogP) is 1.49. The molecule has 1 aromatic carbocycles. The molecule has 92 valence electrons. The Morgan fingerprint density at radius 3 is 3.12 bits per heavy atom. The summed E-state index contributed by atoms with van der Waals surface area (Å²) in [7, 11) is 0. The van der Waals surface area contributed by atoms with Gasteiger partial charge in [0.1, 0.15) is 18.1 Å². The van der Waals surface area contributed by atoms with Crippen molar-refractivity contribution in [1.82, 2.24) is 0 Å². The highest BCUT2D eigenvalue weighted by Crippen LogP contribution is 2.34. The maximum absolute atomic E-state index is 5.89. The Hall–Kier alpha value is -1.26. The molecule has 0 amide bonds. The molecule has 2 aliphatic rings. The fourth-order valence-corrected chi connectivity index (χ4v) is 2.23. The molecule has 4 heteroatoms. The van der Waals surface area contributed by atoms with E-state index in [4.69, 9.17) is 19.9 Å². The maximum Gasteiger partial charge on any atom is 0.127 e. The number of fused-ring (bicyclic) bond motifs is 1. The van der Waals surface area contributed by atoms with Crippen molar-refractivity contribution in [2.75, 3.05) is 26.4 Å². The van der Waals surface area contributed by atoms with Crippen molar-refractivity contribution in [1.29, 1.82) is 0 Å². The number of hydrogen-bond acceptors (Lipinski definition) is 4. The van der Waals surface area contributed by atoms with Crippen LogP contribution < -0.4 is 15.2 Å². The van der Waals surface area contributed by atoms with Gasteiger partial charge in [-0.2, -0.15) is 0 Å². The van der Waals surface area contributed by atoms with E-state index in [-0.39, 0.29) is 6.04 Å². The van der Waals surface area contributed by atoms with Gasteiger partial charge >= 0.3 is 0 Å². The molecule has 2 unspecified atom stereocenters. The standard InChI is InChI=1S/C13H17NO3/c14-12-8-17-13-5-10(1-2-11(12)13)16-7-9-3-4-15-6-9/h1-2,5,9,12H,3-4,6-8,14H2. The van der Waals surface area contributed by atoms with E-state index in [0.717, 1.165) is 36.7 Å². The third kappa shape index (κ3) is 2.23. The lowest BCUT2D eigenvalue weighted by atomic mass is 10.1. The molecule has 0 aromatic heterocycles. The third-order valence-electron chi connectivity index (χ3n) is 3.31. The summed E-state index contributed by atoms with van der Waals surface area (Å²) in [6.07, 6.45) is 1.09. The zero-order chi connectivity index (χ0) is 11.7. The van der Waals surface area contributed by atoms with Crippen LogP contribution in [0.2, 0.25) is 0 Å². The summed E-state index contributed by atoms with van der Waals surface area (Å²) in [5.41, 5.74) is 6.96. The van der Waals surface area contributed by atoms with Crippen LogP contribution in [0.15, 0.2) is 18.2 Å². The van der Waals surface area contributed by atoms with Crippen molar-refractivity contribution in [3.05, 3.63) is 23.8 Å². The summed E-state index contributed by atoms with van der Waals surface area (Å²) in [6.45, 7) is 2.95. The fraction of sp³-hybridized carbons (Fsp3) is 0.538. The molecule has 17 heavy (non-hydrogen) atoms. The van der Waals surface area contributed by atoms with Crippen LogP contribution in [0, 0.1) is 5.92 Å². The number of benzene rings is 1. The molecule has 0 bridgehead atoms. The molecule has 1 saturated heterocycles. The van der Waals surface area contributed by atoms with Crippen molar-refractivity contribution < 1.29 is 14.2 Å². The van der Waals surface area contributed by atoms with Crippen LogP contribution in [-0.2, 0) is 4.74 Å². The van der Waals surface area contributed by atoms with Crippen molar-refractivity contribution in [2.45, 2.75) is 12.5 Å². The highest BCUT2D eigenvalue weighted by molar-refractivity contribution is 5.44. The van der Waals surface area contributed by atoms with Gasteiger partial charge in [0, 0.05) is 24.2 Å². The van der Waals surface area contributed by atoms with Crippen molar-refractivity contribution >= 4 is 0 Å². The molecule has 0 saturated carbocycles. The first-order chi connectivity index (χ1) is 8.33. The van der Waals surface area contributed by atoms with Gasteiger partial charge in [0.25, 0.3) is 0 Å². The van der Waals surface area contributed by atoms with Crippen LogP contribution in [0.3, 0.4) is 0 Å². The second kappa shape index (κ2) is 4.55. The molecule has 0 radical (unpaired) electrons. The Labute approximate surface area is 101 Å². The van der Waals surface area contributed by atoms with E-state index in [0.29, 0.717) is 19.1 Å². The van der Waals surface area contributed by atoms with Gasteiger partial charge in [0.05, 0.1) is 19.3 Å². The monoisotopic (exact) mass is 235 g/mol. The third-order valence-corrected chi connectivity index (χ3v) is 3.31. The van der Waals surface area contributed by atoms with Gasteiger partial charge in [0.15, 0.2) is 0 Å². The second-order valence-corrected chi connectivity index (χ2v) is 4.66. The molecule has 1 aromatic rings. The van der Waals surface area contributed by atoms with E-state index in [1.54, 1.807) is 0 Å². The van der Waals surface area contributed by atoms with Crippen LogP contribution in [0.5, 0.6) is 11.5 Å². The first-order valence-electron chi connectivity index (χ1n) is 6.06. The van der Waals surface area contributed by atoms with Crippen LogP contribution in [-0.4, -0.2) is 26.4 Å². The van der Waals surface area contributed by atoms with Gasteiger partial charge in [-0.1, -0.05) is 0 Å². The highest BCUT2D eigenvalue weighted by Gasteiger charge is 2.21. The Balaban J connectivity index is 1.64. The fourth-order valence-electron chi connectivity index (χ4n) is 2.23. The maximum atomic E-state index is 5.89. The van der Waals surface area contributed by atoms with Gasteiger partial charge < -0.3 is 19.9 Å². The lowest BCUT2D eigenvalue weighted by Crippen LogP contribution is -2.11. The molecule has 0 spiro atoms. The molecular formula is C13H17NO3. The molecule has 3 rings (SSSR count). The van der Waals surface area contributed by atoms with Gasteiger partial charge in [-0.15, -0.1) is 0 Å². The summed E-state index contributed by atoms with van der Waals surface area (Å²) < 4.78 is 16.6. The smallest absolute Gasteiger partial charge is 0.127 e. The Morgan fingerprint density at radius 1 is 1.35 bits per heavy atom. The zero-order valence-corrected chi connectivity index (χ0v) is 9.72. The summed E-state index contributed by atoms with van der Waals surface area (Å²) in [5, 5.41) is 0. The largest absolute Gasteiger partial charge is 0.493 e. The lowest BCUT2D eigenvalue weighted by molar-refractivity contribution is 0.167. The minimum Gasteiger partial charge on any atom is -0.493 e. The van der Waals surface area contributed by atoms with E-state index in [1.807, 2.05) is 18.2 Å². The van der Waals surface area contributed by atoms with Crippen molar-refractivity contribution in [3.63, 3.8) is 0 Å². The normalized spacial score (nSPS) is 26.6. The molecular weight excluding hydrogens is 218 g/mol. The van der Waals surface area contributed by atoms with E-state index in [2.05, 4.69) is 0 Å². The lowest BCUT2D eigenvalue weighted by Gasteiger charge is -2.11. The average Bonchev–Trinajstić information content (AvgIpc) is 2.97. The quantitative estimate of drug-likeness (QED) is 0.862. The van der Waals surface area contributed by atoms with Crippen molar-refractivity contribution in [3.8, 4) is 11.5 Å². The van der Waals surface area contributed by atoms with E-state index in [9.17, 15) is 0 Å². The minimum atomic E-state index is 0.00211. The summed E-state index contributed by atoms with van der Waals surface area (Å²) >= 11 is 0. The topological polar surface area (TPSA) is 53.7 Å². The molecule has 4 nitrogen and oxygen atoms in total. The molecule has 2 aliphatic heterocycles. The second-order valence-electron chi connectivity index (χ2n) is 4.66. The predicted molar refractivity (Wildman–Crippen MR) is 63.3 cm³/mol. The molecule has 0 aliphatic carbocycles. The number of ether oxygens (including phenoxy) is 3. The molecule has 2 atom stereocenters. The van der Waals surface area contributed by atoms with Crippen molar-refractivity contribution in [2.24, 2.45) is 11.7 Å². The number of nitrogens with two attached hydrogens (primary N) is 1. The number of hydrogen-bond donors (Lipinski definition) is 1. The van der Waals surface area contributed by atoms with Crippen LogP contribution in [0.25, 0.3) is 0 Å². The average molecular weight is 235 g/mol. The minimum absolute atomic E-state index is 0.00211. The van der Waals surface area contributed by atoms with Crippen LogP contribution >= 0.6 is 0 Å². The number of rotatable bonds is 3. The molecule has 1 fully saturated rings. The molecule has 2 heterocycles. The van der Waals surface area contributed by atoms with Gasteiger partial charge in [-0.25, -0.2) is 0 Å². The van der Waals surface area contributed by atoms with Crippen LogP contribution in [0.1, 0.15) is 18.0 Å². The zero-order valence-electron chi connectivity index (χ0n) is 9.72. The van der Waals surface area contributed by atoms with E-state index >= 15 is 0 Å². The van der Waals surface area contributed by atoms with Gasteiger partial charge in [0.2, 0.25) is 0 Å². The summed E-state index contributed by atoms with van der Waals surface area (Å²) in [6, 6.07) is 5.89.